The largest absolute Gasteiger partial charge is 0.335 e. The van der Waals surface area contributed by atoms with Crippen LogP contribution in [-0.2, 0) is 12.8 Å². The average molecular weight is 387 g/mol. The van der Waals surface area contributed by atoms with E-state index in [2.05, 4.69) is 21.5 Å². The van der Waals surface area contributed by atoms with Gasteiger partial charge >= 0.3 is 0 Å². The summed E-state index contributed by atoms with van der Waals surface area (Å²) < 4.78 is 18.6. The number of carbonyl (C=O) groups is 1. The molecule has 4 aromatic rings. The topological polar surface area (TPSA) is 68.0 Å². The third-order valence-corrected chi connectivity index (χ3v) is 5.36. The van der Waals surface area contributed by atoms with Crippen molar-refractivity contribution in [2.45, 2.75) is 26.2 Å². The Kier molecular flexibility index (Phi) is 4.12. The highest BCUT2D eigenvalue weighted by Crippen LogP contribution is 2.29. The van der Waals surface area contributed by atoms with Gasteiger partial charge in [-0.1, -0.05) is 11.2 Å². The lowest BCUT2D eigenvalue weighted by Gasteiger charge is -2.10. The maximum atomic E-state index is 13.3. The van der Waals surface area contributed by atoms with Gasteiger partial charge in [0.1, 0.15) is 5.82 Å². The summed E-state index contributed by atoms with van der Waals surface area (Å²) in [5.74, 6) is -0.593. The number of carbonyl (C=O) groups excluding carboxylic acids is 1. The fourth-order valence-corrected chi connectivity index (χ4v) is 3.89. The van der Waals surface area contributed by atoms with E-state index in [9.17, 15) is 9.18 Å². The number of pyridine rings is 1. The molecule has 0 bridgehead atoms. The number of hydrogen-bond donors (Lipinski definition) is 1. The second-order valence-electron chi connectivity index (χ2n) is 7.30. The quantitative estimate of drug-likeness (QED) is 0.532. The average Bonchev–Trinajstić information content (AvgIpc) is 3.34. The molecule has 6 heteroatoms. The SMILES string of the molecule is Cc1noc2nc(-c3ccc(F)cc3)cc(C(=O)Nc3ccc4c(c3)CCC4)c12. The number of amides is 1. The van der Waals surface area contributed by atoms with E-state index in [-0.39, 0.29) is 17.4 Å². The molecule has 0 atom stereocenters. The van der Waals surface area contributed by atoms with Gasteiger partial charge in [-0.15, -0.1) is 0 Å². The fourth-order valence-electron chi connectivity index (χ4n) is 3.89. The van der Waals surface area contributed by atoms with Crippen LogP contribution < -0.4 is 5.32 Å². The predicted molar refractivity (Wildman–Crippen MR) is 108 cm³/mol. The Labute approximate surface area is 166 Å². The first-order valence-corrected chi connectivity index (χ1v) is 9.54. The standard InChI is InChI=1S/C23H18FN3O2/c1-13-21-19(22(28)25-18-10-7-14-3-2-4-16(14)11-18)12-20(26-23(21)29-27-13)15-5-8-17(24)9-6-15/h5-12H,2-4H2,1H3,(H,25,28). The molecule has 2 heterocycles. The van der Waals surface area contributed by atoms with Crippen LogP contribution >= 0.6 is 0 Å². The summed E-state index contributed by atoms with van der Waals surface area (Å²) >= 11 is 0. The number of benzene rings is 2. The molecular formula is C23H18FN3O2. The van der Waals surface area contributed by atoms with Crippen molar-refractivity contribution >= 4 is 22.7 Å². The van der Waals surface area contributed by atoms with Gasteiger partial charge in [0, 0.05) is 11.3 Å². The third kappa shape index (κ3) is 3.16. The maximum absolute atomic E-state index is 13.3. The number of nitrogens with one attached hydrogen (secondary N) is 1. The molecule has 1 aliphatic carbocycles. The summed E-state index contributed by atoms with van der Waals surface area (Å²) in [5.41, 5.74) is 5.91. The Balaban J connectivity index is 1.56. The summed E-state index contributed by atoms with van der Waals surface area (Å²) in [7, 11) is 0. The van der Waals surface area contributed by atoms with Crippen molar-refractivity contribution in [3.63, 3.8) is 0 Å². The normalized spacial score (nSPS) is 12.9. The molecule has 5 rings (SSSR count). The van der Waals surface area contributed by atoms with Crippen LogP contribution in [0.3, 0.4) is 0 Å². The van der Waals surface area contributed by atoms with Crippen LogP contribution in [0.5, 0.6) is 0 Å². The molecule has 1 N–H and O–H groups in total. The highest BCUT2D eigenvalue weighted by molar-refractivity contribution is 6.13. The molecule has 0 saturated carbocycles. The molecule has 0 aliphatic heterocycles. The Morgan fingerprint density at radius 2 is 1.86 bits per heavy atom. The van der Waals surface area contributed by atoms with Gasteiger partial charge in [-0.3, -0.25) is 4.79 Å². The van der Waals surface area contributed by atoms with Crippen LogP contribution in [0.4, 0.5) is 10.1 Å². The zero-order chi connectivity index (χ0) is 20.0. The third-order valence-electron chi connectivity index (χ3n) is 5.36. The summed E-state index contributed by atoms with van der Waals surface area (Å²) in [6.07, 6.45) is 3.28. The molecule has 144 valence electrons. The number of aromatic nitrogens is 2. The van der Waals surface area contributed by atoms with Gasteiger partial charge in [-0.05, 0) is 79.8 Å². The van der Waals surface area contributed by atoms with E-state index in [1.807, 2.05) is 12.1 Å². The predicted octanol–water partition coefficient (Wildman–Crippen LogP) is 5.08. The summed E-state index contributed by atoms with van der Waals surface area (Å²) in [6.45, 7) is 1.78. The molecule has 0 radical (unpaired) electrons. The molecule has 0 saturated heterocycles. The van der Waals surface area contributed by atoms with Crippen LogP contribution in [-0.4, -0.2) is 16.0 Å². The van der Waals surface area contributed by atoms with Crippen molar-refractivity contribution in [1.82, 2.24) is 10.1 Å². The minimum Gasteiger partial charge on any atom is -0.335 e. The van der Waals surface area contributed by atoms with Gasteiger partial charge in [0.2, 0.25) is 0 Å². The number of fused-ring (bicyclic) bond motifs is 2. The Bertz CT molecular complexity index is 1250. The monoisotopic (exact) mass is 387 g/mol. The van der Waals surface area contributed by atoms with Crippen molar-refractivity contribution in [2.24, 2.45) is 0 Å². The lowest BCUT2D eigenvalue weighted by molar-refractivity contribution is 0.102. The summed E-state index contributed by atoms with van der Waals surface area (Å²) in [6, 6.07) is 13.7. The van der Waals surface area contributed by atoms with Gasteiger partial charge in [-0.2, -0.15) is 0 Å². The molecule has 5 nitrogen and oxygen atoms in total. The Morgan fingerprint density at radius 3 is 2.69 bits per heavy atom. The van der Waals surface area contributed by atoms with Gasteiger partial charge in [0.05, 0.1) is 22.3 Å². The number of aryl methyl sites for hydroxylation is 3. The van der Waals surface area contributed by atoms with Crippen molar-refractivity contribution < 1.29 is 13.7 Å². The highest BCUT2D eigenvalue weighted by Gasteiger charge is 2.20. The highest BCUT2D eigenvalue weighted by atomic mass is 19.1. The fraction of sp³-hybridized carbons (Fsp3) is 0.174. The van der Waals surface area contributed by atoms with Crippen molar-refractivity contribution in [2.75, 3.05) is 5.32 Å². The maximum Gasteiger partial charge on any atom is 0.259 e. The van der Waals surface area contributed by atoms with Crippen LogP contribution in [0, 0.1) is 12.7 Å². The van der Waals surface area contributed by atoms with E-state index in [1.165, 1.54) is 23.3 Å². The number of nitrogens with zero attached hydrogens (tertiary/aromatic N) is 2. The number of hydrogen-bond acceptors (Lipinski definition) is 4. The first-order chi connectivity index (χ1) is 14.1. The minimum absolute atomic E-state index is 0.259. The zero-order valence-corrected chi connectivity index (χ0v) is 15.8. The molecule has 2 aromatic carbocycles. The lowest BCUT2D eigenvalue weighted by Crippen LogP contribution is -2.13. The first-order valence-electron chi connectivity index (χ1n) is 9.54. The van der Waals surface area contributed by atoms with E-state index in [1.54, 1.807) is 25.1 Å². The number of rotatable bonds is 3. The Morgan fingerprint density at radius 1 is 1.07 bits per heavy atom. The van der Waals surface area contributed by atoms with Gasteiger partial charge in [-0.25, -0.2) is 9.37 Å². The zero-order valence-electron chi connectivity index (χ0n) is 15.8. The molecular weight excluding hydrogens is 369 g/mol. The smallest absolute Gasteiger partial charge is 0.259 e. The first kappa shape index (κ1) is 17.6. The van der Waals surface area contributed by atoms with E-state index in [0.29, 0.717) is 27.9 Å². The number of anilines is 1. The van der Waals surface area contributed by atoms with Gasteiger partial charge < -0.3 is 9.84 Å². The molecule has 2 aromatic heterocycles. The minimum atomic E-state index is -0.333. The summed E-state index contributed by atoms with van der Waals surface area (Å²) in [4.78, 5) is 17.6. The lowest BCUT2D eigenvalue weighted by atomic mass is 10.0. The molecule has 1 aliphatic rings. The molecule has 29 heavy (non-hydrogen) atoms. The van der Waals surface area contributed by atoms with Gasteiger partial charge in [0.25, 0.3) is 11.6 Å². The van der Waals surface area contributed by atoms with E-state index >= 15 is 0 Å². The van der Waals surface area contributed by atoms with Crippen molar-refractivity contribution in [1.29, 1.82) is 0 Å². The second kappa shape index (κ2) is 6.81. The molecule has 1 amide bonds. The van der Waals surface area contributed by atoms with Crippen molar-refractivity contribution in [3.8, 4) is 11.3 Å². The van der Waals surface area contributed by atoms with E-state index in [0.717, 1.165) is 24.9 Å². The number of halogens is 1. The van der Waals surface area contributed by atoms with Crippen LogP contribution in [0.2, 0.25) is 0 Å². The second-order valence-corrected chi connectivity index (χ2v) is 7.30. The van der Waals surface area contributed by atoms with Crippen LogP contribution in [0.1, 0.15) is 33.6 Å². The van der Waals surface area contributed by atoms with E-state index in [4.69, 9.17) is 4.52 Å². The molecule has 0 fully saturated rings. The van der Waals surface area contributed by atoms with Crippen LogP contribution in [0.15, 0.2) is 53.1 Å². The van der Waals surface area contributed by atoms with E-state index < -0.39 is 0 Å². The van der Waals surface area contributed by atoms with Gasteiger partial charge in [0.15, 0.2) is 0 Å². The van der Waals surface area contributed by atoms with Crippen molar-refractivity contribution in [3.05, 3.63) is 76.7 Å². The Hall–Kier alpha value is -3.54. The molecule has 0 unspecified atom stereocenters. The van der Waals surface area contributed by atoms with Crippen LogP contribution in [0.25, 0.3) is 22.4 Å². The molecule has 0 spiro atoms. The summed E-state index contributed by atoms with van der Waals surface area (Å²) in [5, 5.41) is 7.53.